The number of aromatic hydroxyl groups is 1. The number of nitrogens with zero attached hydrogens (tertiary/aromatic N) is 1. The van der Waals surface area contributed by atoms with Crippen molar-refractivity contribution in [1.82, 2.24) is 4.90 Å². The number of thiophene rings is 1. The summed E-state index contributed by atoms with van der Waals surface area (Å²) >= 11 is 1.38. The molecule has 0 spiro atoms. The lowest BCUT2D eigenvalue weighted by molar-refractivity contribution is 0.0729. The molecule has 0 aliphatic carbocycles. The van der Waals surface area contributed by atoms with Gasteiger partial charge in [0.2, 0.25) is 0 Å². The van der Waals surface area contributed by atoms with Gasteiger partial charge in [-0.25, -0.2) is 13.6 Å². The van der Waals surface area contributed by atoms with E-state index in [0.717, 1.165) is 48.1 Å². The van der Waals surface area contributed by atoms with Crippen LogP contribution in [-0.4, -0.2) is 48.0 Å². The lowest BCUT2D eigenvalue weighted by atomic mass is 9.97. The lowest BCUT2D eigenvalue weighted by Gasteiger charge is -2.26. The van der Waals surface area contributed by atoms with E-state index in [1.165, 1.54) is 30.6 Å². The van der Waals surface area contributed by atoms with Crippen molar-refractivity contribution >= 4 is 33.2 Å². The molecule has 44 heavy (non-hydrogen) atoms. The molecule has 1 aromatic heterocycles. The normalized spacial score (nSPS) is 13.6. The smallest absolute Gasteiger partial charge is 0.346 e. The zero-order chi connectivity index (χ0) is 30.6. The highest BCUT2D eigenvalue weighted by atomic mass is 32.1. The summed E-state index contributed by atoms with van der Waals surface area (Å²) in [7, 11) is 0. The molecule has 0 amide bonds. The van der Waals surface area contributed by atoms with E-state index in [1.54, 1.807) is 66.7 Å². The highest BCUT2D eigenvalue weighted by molar-refractivity contribution is 7.22. The first-order valence-electron chi connectivity index (χ1n) is 14.4. The zero-order valence-corrected chi connectivity index (χ0v) is 24.5. The predicted octanol–water partition coefficient (Wildman–Crippen LogP) is 7.87. The molecular weight excluding hydrogens is 584 g/mol. The number of fused-ring (bicyclic) bond motifs is 1. The number of benzene rings is 4. The molecule has 6 nitrogen and oxygen atoms in total. The third kappa shape index (κ3) is 6.49. The molecule has 9 heteroatoms. The second kappa shape index (κ2) is 13.0. The van der Waals surface area contributed by atoms with E-state index < -0.39 is 23.2 Å². The first-order chi connectivity index (χ1) is 21.4. The highest BCUT2D eigenvalue weighted by Crippen LogP contribution is 2.42. The first kappa shape index (κ1) is 29.5. The van der Waals surface area contributed by atoms with Crippen molar-refractivity contribution in [3.8, 4) is 27.7 Å². The van der Waals surface area contributed by atoms with Gasteiger partial charge < -0.3 is 14.6 Å². The average molecular weight is 614 g/mol. The second-order valence-electron chi connectivity index (χ2n) is 10.6. The molecule has 1 N–H and O–H groups in total. The van der Waals surface area contributed by atoms with Crippen LogP contribution in [0.2, 0.25) is 0 Å². The van der Waals surface area contributed by atoms with Gasteiger partial charge >= 0.3 is 5.97 Å². The first-order valence-corrected chi connectivity index (χ1v) is 15.2. The van der Waals surface area contributed by atoms with Gasteiger partial charge in [0, 0.05) is 32.6 Å². The molecule has 1 fully saturated rings. The maximum atomic E-state index is 14.2. The van der Waals surface area contributed by atoms with Gasteiger partial charge in [0.1, 0.15) is 35.5 Å². The van der Waals surface area contributed by atoms with Crippen LogP contribution in [0.1, 0.15) is 45.5 Å². The molecule has 4 aromatic carbocycles. The number of phenolic OH excluding ortho intramolecular Hbond substituents is 1. The van der Waals surface area contributed by atoms with Crippen molar-refractivity contribution in [3.05, 3.63) is 113 Å². The van der Waals surface area contributed by atoms with Gasteiger partial charge in [0.05, 0.1) is 5.56 Å². The van der Waals surface area contributed by atoms with Crippen molar-refractivity contribution in [2.75, 3.05) is 26.2 Å². The van der Waals surface area contributed by atoms with E-state index in [4.69, 9.17) is 9.47 Å². The van der Waals surface area contributed by atoms with Gasteiger partial charge in [-0.1, -0.05) is 6.42 Å². The Balaban J connectivity index is 1.29. The van der Waals surface area contributed by atoms with Gasteiger partial charge in [-0.2, -0.15) is 0 Å². The number of ether oxygens (including phenoxy) is 2. The Hall–Kier alpha value is -4.60. The van der Waals surface area contributed by atoms with Crippen LogP contribution in [0.15, 0.2) is 84.9 Å². The minimum absolute atomic E-state index is 0.0766. The Bertz CT molecular complexity index is 1810. The standard InChI is InChI=1S/C35H29F2NO5S/c36-24-8-14-30(37)28(20-24)35(41)43-27-13-15-31-29(21-27)32(34(44-31)23-4-9-25(39)10-5-23)33(40)22-6-11-26(12-7-22)42-19-18-38-16-2-1-3-17-38/h4-15,20-21,39H,1-3,16-19H2. The number of piperidine rings is 1. The van der Waals surface area contributed by atoms with E-state index in [0.29, 0.717) is 33.7 Å². The zero-order valence-electron chi connectivity index (χ0n) is 23.7. The second-order valence-corrected chi connectivity index (χ2v) is 11.7. The minimum atomic E-state index is -1.06. The van der Waals surface area contributed by atoms with Crippen LogP contribution >= 0.6 is 11.3 Å². The maximum absolute atomic E-state index is 14.2. The Morgan fingerprint density at radius 3 is 2.32 bits per heavy atom. The molecule has 0 saturated carbocycles. The number of halogens is 2. The largest absolute Gasteiger partial charge is 0.508 e. The quantitative estimate of drug-likeness (QED) is 0.104. The molecule has 1 aliphatic heterocycles. The van der Waals surface area contributed by atoms with Crippen LogP contribution in [0, 0.1) is 11.6 Å². The van der Waals surface area contributed by atoms with Crippen molar-refractivity contribution < 1.29 is 33.0 Å². The molecule has 0 unspecified atom stereocenters. The third-order valence-electron chi connectivity index (χ3n) is 7.62. The number of ketones is 1. The van der Waals surface area contributed by atoms with Gasteiger partial charge in [-0.3, -0.25) is 9.69 Å². The monoisotopic (exact) mass is 613 g/mol. The van der Waals surface area contributed by atoms with Crippen LogP contribution in [0.5, 0.6) is 17.2 Å². The number of carbonyl (C=O) groups excluding carboxylic acids is 2. The predicted molar refractivity (Wildman–Crippen MR) is 166 cm³/mol. The highest BCUT2D eigenvalue weighted by Gasteiger charge is 2.23. The topological polar surface area (TPSA) is 76.1 Å². The number of esters is 1. The number of hydrogen-bond acceptors (Lipinski definition) is 7. The Kier molecular flexibility index (Phi) is 8.67. The number of phenols is 1. The number of likely N-dealkylation sites (tertiary alicyclic amines) is 1. The molecular formula is C35H29F2NO5S. The molecule has 224 valence electrons. The van der Waals surface area contributed by atoms with Crippen molar-refractivity contribution in [3.63, 3.8) is 0 Å². The fourth-order valence-electron chi connectivity index (χ4n) is 5.32. The van der Waals surface area contributed by atoms with Crippen LogP contribution in [0.4, 0.5) is 8.78 Å². The van der Waals surface area contributed by atoms with Crippen molar-refractivity contribution in [1.29, 1.82) is 0 Å². The van der Waals surface area contributed by atoms with Gasteiger partial charge in [-0.05, 0) is 116 Å². The van der Waals surface area contributed by atoms with Crippen LogP contribution in [-0.2, 0) is 0 Å². The molecule has 1 saturated heterocycles. The van der Waals surface area contributed by atoms with Crippen molar-refractivity contribution in [2.24, 2.45) is 0 Å². The summed E-state index contributed by atoms with van der Waals surface area (Å²) in [6.45, 7) is 3.61. The summed E-state index contributed by atoms with van der Waals surface area (Å²) in [5.41, 5.74) is 1.03. The molecule has 1 aliphatic rings. The van der Waals surface area contributed by atoms with E-state index in [-0.39, 0.29) is 17.3 Å². The third-order valence-corrected chi connectivity index (χ3v) is 8.84. The molecule has 6 rings (SSSR count). The molecule has 0 atom stereocenters. The summed E-state index contributed by atoms with van der Waals surface area (Å²) in [5.74, 6) is -2.14. The fourth-order valence-corrected chi connectivity index (χ4v) is 6.51. The van der Waals surface area contributed by atoms with Gasteiger partial charge in [-0.15, -0.1) is 11.3 Å². The Morgan fingerprint density at radius 2 is 1.57 bits per heavy atom. The Labute approximate surface area is 257 Å². The Morgan fingerprint density at radius 1 is 0.841 bits per heavy atom. The van der Waals surface area contributed by atoms with Gasteiger partial charge in [0.15, 0.2) is 5.78 Å². The SMILES string of the molecule is O=C(Oc1ccc2sc(-c3ccc(O)cc3)c(C(=O)c3ccc(OCCN4CCCCC4)cc3)c2c1)c1cc(F)ccc1F. The minimum Gasteiger partial charge on any atom is -0.508 e. The molecule has 2 heterocycles. The number of carbonyl (C=O) groups is 2. The number of hydrogen-bond donors (Lipinski definition) is 1. The van der Waals surface area contributed by atoms with Gasteiger partial charge in [0.25, 0.3) is 0 Å². The van der Waals surface area contributed by atoms with Crippen LogP contribution in [0.3, 0.4) is 0 Å². The summed E-state index contributed by atoms with van der Waals surface area (Å²) < 4.78 is 40.0. The van der Waals surface area contributed by atoms with Crippen LogP contribution < -0.4 is 9.47 Å². The molecule has 0 radical (unpaired) electrons. The summed E-state index contributed by atoms with van der Waals surface area (Å²) in [5, 5.41) is 10.4. The lowest BCUT2D eigenvalue weighted by Crippen LogP contribution is -2.33. The maximum Gasteiger partial charge on any atom is 0.346 e. The van der Waals surface area contributed by atoms with Crippen molar-refractivity contribution in [2.45, 2.75) is 19.3 Å². The number of rotatable bonds is 9. The van der Waals surface area contributed by atoms with E-state index in [1.807, 2.05) is 0 Å². The van der Waals surface area contributed by atoms with E-state index in [2.05, 4.69) is 4.90 Å². The summed E-state index contributed by atoms with van der Waals surface area (Å²) in [4.78, 5) is 29.8. The van der Waals surface area contributed by atoms with Crippen LogP contribution in [0.25, 0.3) is 20.5 Å². The summed E-state index contributed by atoms with van der Waals surface area (Å²) in [6, 6.07) is 20.9. The van der Waals surface area contributed by atoms with E-state index in [9.17, 15) is 23.5 Å². The average Bonchev–Trinajstić information content (AvgIpc) is 3.42. The molecule has 0 bridgehead atoms. The van der Waals surface area contributed by atoms with E-state index >= 15 is 0 Å². The summed E-state index contributed by atoms with van der Waals surface area (Å²) in [6.07, 6.45) is 3.72. The fraction of sp³-hybridized carbons (Fsp3) is 0.200. The molecule has 5 aromatic rings.